The zero-order valence-electron chi connectivity index (χ0n) is 16.1. The number of unbranched alkanes of at least 4 members (excludes halogenated alkanes) is 2. The Morgan fingerprint density at radius 1 is 0.815 bits per heavy atom. The van der Waals surface area contributed by atoms with E-state index in [0.29, 0.717) is 19.5 Å². The van der Waals surface area contributed by atoms with Gasteiger partial charge in [-0.15, -0.1) is 0 Å². The molecule has 3 amide bonds. The molecule has 4 rings (SSSR count). The van der Waals surface area contributed by atoms with E-state index >= 15 is 0 Å². The molecule has 0 heterocycles. The van der Waals surface area contributed by atoms with E-state index in [4.69, 9.17) is 5.11 Å². The van der Waals surface area contributed by atoms with Crippen molar-refractivity contribution < 1.29 is 19.5 Å². The lowest BCUT2D eigenvalue weighted by Crippen LogP contribution is -2.61. The maximum Gasteiger partial charge on any atom is 0.315 e. The van der Waals surface area contributed by atoms with Crippen LogP contribution in [0.15, 0.2) is 0 Å². The van der Waals surface area contributed by atoms with E-state index in [1.165, 1.54) is 19.3 Å². The summed E-state index contributed by atoms with van der Waals surface area (Å²) >= 11 is 0. The van der Waals surface area contributed by atoms with E-state index in [0.717, 1.165) is 49.9 Å². The monoisotopic (exact) mass is 379 g/mol. The Kier molecular flexibility index (Phi) is 6.60. The molecular weight excluding hydrogens is 346 g/mol. The van der Waals surface area contributed by atoms with Gasteiger partial charge in [0.2, 0.25) is 5.91 Å². The Labute approximate surface area is 161 Å². The standard InChI is InChI=1S/C20H33N3O4/c24-17(21-6-3-1-2-4-18(25)26)5-7-22-19(27)23-20-11-14-8-15(12-20)10-16(9-14)13-20/h14-16H,1-13H2,(H,21,24)(H,25,26)(H2,22,23,27). The zero-order chi connectivity index (χ0) is 19.3. The molecule has 0 atom stereocenters. The normalized spacial score (nSPS) is 30.7. The fraction of sp³-hybridized carbons (Fsp3) is 0.850. The lowest BCUT2D eigenvalue weighted by molar-refractivity contribution is -0.137. The van der Waals surface area contributed by atoms with Gasteiger partial charge in [0.25, 0.3) is 0 Å². The molecule has 7 nitrogen and oxygen atoms in total. The van der Waals surface area contributed by atoms with Crippen LogP contribution in [0.3, 0.4) is 0 Å². The molecule has 7 heteroatoms. The van der Waals surface area contributed by atoms with Gasteiger partial charge in [-0.1, -0.05) is 6.42 Å². The molecule has 4 saturated carbocycles. The summed E-state index contributed by atoms with van der Waals surface area (Å²) in [5.41, 5.74) is -0.00293. The average molecular weight is 380 g/mol. The minimum absolute atomic E-state index is 0.00293. The number of rotatable bonds is 10. The molecule has 0 aromatic rings. The molecule has 0 aromatic carbocycles. The van der Waals surface area contributed by atoms with Crippen LogP contribution >= 0.6 is 0 Å². The number of carbonyl (C=O) groups excluding carboxylic acids is 2. The summed E-state index contributed by atoms with van der Waals surface area (Å²) < 4.78 is 0. The van der Waals surface area contributed by atoms with Crippen molar-refractivity contribution in [3.63, 3.8) is 0 Å². The van der Waals surface area contributed by atoms with Crippen LogP contribution in [0.5, 0.6) is 0 Å². The van der Waals surface area contributed by atoms with Gasteiger partial charge in [-0.05, 0) is 69.1 Å². The number of amides is 3. The minimum Gasteiger partial charge on any atom is -0.481 e. The second-order valence-corrected chi connectivity index (χ2v) is 8.88. The van der Waals surface area contributed by atoms with Gasteiger partial charge in [0, 0.05) is 31.5 Å². The van der Waals surface area contributed by atoms with Gasteiger partial charge >= 0.3 is 12.0 Å². The lowest BCUT2D eigenvalue weighted by Gasteiger charge is -2.56. The molecule has 0 aromatic heterocycles. The highest BCUT2D eigenvalue weighted by Gasteiger charge is 2.51. The highest BCUT2D eigenvalue weighted by Crippen LogP contribution is 2.55. The number of carbonyl (C=O) groups is 3. The topological polar surface area (TPSA) is 108 Å². The van der Waals surface area contributed by atoms with E-state index in [9.17, 15) is 14.4 Å². The Balaban J connectivity index is 1.25. The Morgan fingerprint density at radius 3 is 2.04 bits per heavy atom. The number of carboxylic acids is 1. The van der Waals surface area contributed by atoms with Gasteiger partial charge in [0.1, 0.15) is 0 Å². The Bertz CT molecular complexity index is 528. The van der Waals surface area contributed by atoms with Crippen LogP contribution in [-0.2, 0) is 9.59 Å². The van der Waals surface area contributed by atoms with Crippen LogP contribution in [0.25, 0.3) is 0 Å². The predicted molar refractivity (Wildman–Crippen MR) is 101 cm³/mol. The molecule has 4 fully saturated rings. The fourth-order valence-corrected chi connectivity index (χ4v) is 5.73. The van der Waals surface area contributed by atoms with E-state index in [1.54, 1.807) is 0 Å². The number of hydrogen-bond acceptors (Lipinski definition) is 3. The second kappa shape index (κ2) is 8.93. The number of urea groups is 1. The van der Waals surface area contributed by atoms with Crippen molar-refractivity contribution in [1.82, 2.24) is 16.0 Å². The maximum absolute atomic E-state index is 12.3. The highest BCUT2D eigenvalue weighted by molar-refractivity contribution is 5.78. The van der Waals surface area contributed by atoms with Gasteiger partial charge in [0.05, 0.1) is 0 Å². The first-order valence-electron chi connectivity index (χ1n) is 10.5. The summed E-state index contributed by atoms with van der Waals surface area (Å²) in [6.45, 7) is 0.890. The largest absolute Gasteiger partial charge is 0.481 e. The first-order chi connectivity index (χ1) is 12.9. The lowest BCUT2D eigenvalue weighted by atomic mass is 9.53. The van der Waals surface area contributed by atoms with Crippen molar-refractivity contribution in [3.05, 3.63) is 0 Å². The summed E-state index contributed by atoms with van der Waals surface area (Å²) in [4.78, 5) is 34.5. The molecule has 0 saturated heterocycles. The molecule has 0 radical (unpaired) electrons. The molecule has 4 aliphatic rings. The van der Waals surface area contributed by atoms with Crippen molar-refractivity contribution in [2.45, 2.75) is 76.2 Å². The second-order valence-electron chi connectivity index (χ2n) is 8.88. The number of hydrogen-bond donors (Lipinski definition) is 4. The number of carboxylic acid groups (broad SMARTS) is 1. The molecule has 27 heavy (non-hydrogen) atoms. The average Bonchev–Trinajstić information content (AvgIpc) is 2.56. The third-order valence-corrected chi connectivity index (χ3v) is 6.44. The van der Waals surface area contributed by atoms with Crippen molar-refractivity contribution in [1.29, 1.82) is 0 Å². The summed E-state index contributed by atoms with van der Waals surface area (Å²) in [6, 6.07) is -0.140. The van der Waals surface area contributed by atoms with Crippen LogP contribution in [0.1, 0.15) is 70.6 Å². The molecule has 0 spiro atoms. The molecule has 4 N–H and O–H groups in total. The SMILES string of the molecule is O=C(O)CCCCCNC(=O)CCNC(=O)NC12CC3CC(CC(C3)C1)C2. The van der Waals surface area contributed by atoms with Crippen molar-refractivity contribution >= 4 is 17.9 Å². The molecule has 0 unspecified atom stereocenters. The van der Waals surface area contributed by atoms with Gasteiger partial charge in [-0.3, -0.25) is 9.59 Å². The molecular formula is C20H33N3O4. The maximum atomic E-state index is 12.3. The Hall–Kier alpha value is -1.79. The minimum atomic E-state index is -0.781. The quantitative estimate of drug-likeness (QED) is 0.437. The zero-order valence-corrected chi connectivity index (χ0v) is 16.1. The van der Waals surface area contributed by atoms with Gasteiger partial charge in [-0.2, -0.15) is 0 Å². The first-order valence-corrected chi connectivity index (χ1v) is 10.5. The van der Waals surface area contributed by atoms with Crippen molar-refractivity contribution in [2.75, 3.05) is 13.1 Å². The molecule has 4 bridgehead atoms. The van der Waals surface area contributed by atoms with Crippen molar-refractivity contribution in [2.24, 2.45) is 17.8 Å². The van der Waals surface area contributed by atoms with Gasteiger partial charge < -0.3 is 21.1 Å². The Morgan fingerprint density at radius 2 is 1.44 bits per heavy atom. The molecule has 152 valence electrons. The molecule has 4 aliphatic carbocycles. The summed E-state index contributed by atoms with van der Waals surface area (Å²) in [5.74, 6) is 1.51. The highest BCUT2D eigenvalue weighted by atomic mass is 16.4. The van der Waals surface area contributed by atoms with Crippen LogP contribution in [0.2, 0.25) is 0 Å². The fourth-order valence-electron chi connectivity index (χ4n) is 5.73. The smallest absolute Gasteiger partial charge is 0.315 e. The van der Waals surface area contributed by atoms with Crippen LogP contribution < -0.4 is 16.0 Å². The summed E-state index contributed by atoms with van der Waals surface area (Å²) in [7, 11) is 0. The third-order valence-electron chi connectivity index (χ3n) is 6.44. The van der Waals surface area contributed by atoms with Gasteiger partial charge in [0.15, 0.2) is 0 Å². The first kappa shape index (κ1) is 20.0. The number of nitrogens with one attached hydrogen (secondary N) is 3. The van der Waals surface area contributed by atoms with E-state index in [2.05, 4.69) is 16.0 Å². The van der Waals surface area contributed by atoms with Gasteiger partial charge in [-0.25, -0.2) is 4.79 Å². The van der Waals surface area contributed by atoms with Crippen LogP contribution in [-0.4, -0.2) is 41.6 Å². The third kappa shape index (κ3) is 5.84. The summed E-state index contributed by atoms with van der Waals surface area (Å²) in [6.07, 6.45) is 10.0. The van der Waals surface area contributed by atoms with Crippen LogP contribution in [0.4, 0.5) is 4.79 Å². The van der Waals surface area contributed by atoms with E-state index in [1.807, 2.05) is 0 Å². The van der Waals surface area contributed by atoms with E-state index < -0.39 is 5.97 Å². The predicted octanol–water partition coefficient (Wildman–Crippen LogP) is 2.41. The van der Waals surface area contributed by atoms with E-state index in [-0.39, 0.29) is 30.3 Å². The summed E-state index contributed by atoms with van der Waals surface area (Å²) in [5, 5.41) is 17.4. The number of aliphatic carboxylic acids is 1. The molecule has 0 aliphatic heterocycles. The van der Waals surface area contributed by atoms with Crippen molar-refractivity contribution in [3.8, 4) is 0 Å². The van der Waals surface area contributed by atoms with Crippen LogP contribution in [0, 0.1) is 17.8 Å².